The predicted octanol–water partition coefficient (Wildman–Crippen LogP) is 1.54. The molecule has 1 heterocycles. The van der Waals surface area contributed by atoms with Crippen molar-refractivity contribution in [3.8, 4) is 11.5 Å². The second-order valence-electron chi connectivity index (χ2n) is 5.39. The average molecular weight is 356 g/mol. The van der Waals surface area contributed by atoms with Gasteiger partial charge < -0.3 is 33.2 Å². The van der Waals surface area contributed by atoms with Gasteiger partial charge in [-0.25, -0.2) is 0 Å². The molecule has 7 heteroatoms. The number of benzene rings is 1. The van der Waals surface area contributed by atoms with Crippen LogP contribution in [0.1, 0.15) is 0 Å². The highest BCUT2D eigenvalue weighted by atomic mass is 16.6. The summed E-state index contributed by atoms with van der Waals surface area (Å²) in [5.74, 6) is 1.55. The third-order valence-corrected chi connectivity index (χ3v) is 3.50. The fraction of sp³-hybridized carbons (Fsp3) is 0.667. The number of methoxy groups -OCH3 is 1. The van der Waals surface area contributed by atoms with Crippen LogP contribution in [0.15, 0.2) is 24.3 Å². The van der Waals surface area contributed by atoms with Gasteiger partial charge in [-0.3, -0.25) is 0 Å². The van der Waals surface area contributed by atoms with Crippen LogP contribution < -0.4 is 9.47 Å². The molecule has 0 saturated carbocycles. The molecule has 0 N–H and O–H groups in total. The molecule has 0 amide bonds. The van der Waals surface area contributed by atoms with E-state index in [1.807, 2.05) is 24.3 Å². The molecule has 1 aromatic rings. The van der Waals surface area contributed by atoms with Crippen molar-refractivity contribution >= 4 is 0 Å². The molecule has 0 unspecified atom stereocenters. The van der Waals surface area contributed by atoms with Crippen LogP contribution in [0, 0.1) is 0 Å². The van der Waals surface area contributed by atoms with Crippen molar-refractivity contribution in [3.63, 3.8) is 0 Å². The van der Waals surface area contributed by atoms with Crippen LogP contribution in [0.25, 0.3) is 0 Å². The maximum atomic E-state index is 5.80. The number of hydrogen-bond donors (Lipinski definition) is 0. The van der Waals surface area contributed by atoms with E-state index in [2.05, 4.69) is 0 Å². The molecule has 1 fully saturated rings. The van der Waals surface area contributed by atoms with E-state index in [1.165, 1.54) is 0 Å². The van der Waals surface area contributed by atoms with Crippen LogP contribution in [0.2, 0.25) is 0 Å². The maximum Gasteiger partial charge on any atom is 0.119 e. The van der Waals surface area contributed by atoms with Gasteiger partial charge in [-0.15, -0.1) is 0 Å². The van der Waals surface area contributed by atoms with E-state index in [4.69, 9.17) is 33.2 Å². The van der Waals surface area contributed by atoms with E-state index in [9.17, 15) is 0 Å². The summed E-state index contributed by atoms with van der Waals surface area (Å²) in [6.07, 6.45) is -0.174. The number of hydrogen-bond acceptors (Lipinski definition) is 7. The third kappa shape index (κ3) is 9.04. The second-order valence-corrected chi connectivity index (χ2v) is 5.39. The summed E-state index contributed by atoms with van der Waals surface area (Å²) in [7, 11) is 1.63. The van der Waals surface area contributed by atoms with E-state index >= 15 is 0 Å². The van der Waals surface area contributed by atoms with Crippen LogP contribution >= 0.6 is 0 Å². The zero-order valence-corrected chi connectivity index (χ0v) is 14.8. The maximum absolute atomic E-state index is 5.80. The highest BCUT2D eigenvalue weighted by Gasteiger charge is 2.11. The van der Waals surface area contributed by atoms with Gasteiger partial charge in [0.15, 0.2) is 0 Å². The normalized spacial score (nSPS) is 21.7. The first kappa shape index (κ1) is 19.9. The van der Waals surface area contributed by atoms with Gasteiger partial charge in [-0.2, -0.15) is 0 Å². The Kier molecular flexibility index (Phi) is 10.3. The van der Waals surface area contributed by atoms with Crippen molar-refractivity contribution in [2.45, 2.75) is 6.10 Å². The Bertz CT molecular complexity index is 422. The van der Waals surface area contributed by atoms with Crippen molar-refractivity contribution < 1.29 is 33.2 Å². The van der Waals surface area contributed by atoms with E-state index in [0.717, 1.165) is 11.5 Å². The quantitative estimate of drug-likeness (QED) is 0.811. The third-order valence-electron chi connectivity index (χ3n) is 3.50. The summed E-state index contributed by atoms with van der Waals surface area (Å²) in [6, 6.07) is 7.44. The standard InChI is InChI=1S/C18H28O7/c1-19-16-2-4-17(5-3-16)25-15-18-14-23-11-10-21-7-6-20-8-9-22-12-13-24-18/h2-5,18H,6-15H2,1H3/t18-/m0/s1. The lowest BCUT2D eigenvalue weighted by atomic mass is 10.3. The highest BCUT2D eigenvalue weighted by molar-refractivity contribution is 5.31. The summed E-state index contributed by atoms with van der Waals surface area (Å²) in [6.45, 7) is 5.12. The Labute approximate surface area is 149 Å². The topological polar surface area (TPSA) is 64.6 Å². The van der Waals surface area contributed by atoms with Crippen molar-refractivity contribution in [2.75, 3.05) is 73.2 Å². The van der Waals surface area contributed by atoms with Crippen LogP contribution in [-0.2, 0) is 23.7 Å². The number of ether oxygens (including phenoxy) is 7. The SMILES string of the molecule is COc1ccc(OC[C@@H]2COCCOCCOCCOCCO2)cc1. The molecule has 25 heavy (non-hydrogen) atoms. The molecule has 142 valence electrons. The molecule has 1 aromatic carbocycles. The smallest absolute Gasteiger partial charge is 0.119 e. The molecule has 1 saturated heterocycles. The van der Waals surface area contributed by atoms with Crippen LogP contribution in [0.4, 0.5) is 0 Å². The Morgan fingerprint density at radius 3 is 1.88 bits per heavy atom. The van der Waals surface area contributed by atoms with Gasteiger partial charge in [-0.1, -0.05) is 0 Å². The van der Waals surface area contributed by atoms with E-state index in [1.54, 1.807) is 7.11 Å². The van der Waals surface area contributed by atoms with Gasteiger partial charge in [0.05, 0.1) is 66.6 Å². The van der Waals surface area contributed by atoms with Crippen molar-refractivity contribution in [1.82, 2.24) is 0 Å². The van der Waals surface area contributed by atoms with Crippen LogP contribution in [-0.4, -0.2) is 79.3 Å². The molecule has 1 aliphatic rings. The molecule has 0 aromatic heterocycles. The lowest BCUT2D eigenvalue weighted by Gasteiger charge is -2.19. The minimum atomic E-state index is -0.174. The van der Waals surface area contributed by atoms with Crippen molar-refractivity contribution in [2.24, 2.45) is 0 Å². The molecular weight excluding hydrogens is 328 g/mol. The summed E-state index contributed by atoms with van der Waals surface area (Å²) in [5.41, 5.74) is 0. The average Bonchev–Trinajstić information content (AvgIpc) is 2.66. The minimum absolute atomic E-state index is 0.174. The lowest BCUT2D eigenvalue weighted by Crippen LogP contribution is -2.29. The van der Waals surface area contributed by atoms with Crippen molar-refractivity contribution in [3.05, 3.63) is 24.3 Å². The van der Waals surface area contributed by atoms with E-state index in [0.29, 0.717) is 66.1 Å². The first-order valence-electron chi connectivity index (χ1n) is 8.58. The summed E-state index contributed by atoms with van der Waals surface area (Å²) < 4.78 is 38.6. The molecule has 7 nitrogen and oxygen atoms in total. The van der Waals surface area contributed by atoms with E-state index in [-0.39, 0.29) is 6.10 Å². The van der Waals surface area contributed by atoms with Gasteiger partial charge in [0.1, 0.15) is 24.2 Å². The van der Waals surface area contributed by atoms with Gasteiger partial charge in [0.2, 0.25) is 0 Å². The molecule has 1 atom stereocenters. The minimum Gasteiger partial charge on any atom is -0.497 e. The lowest BCUT2D eigenvalue weighted by molar-refractivity contribution is -0.0606. The molecule has 1 aliphatic heterocycles. The van der Waals surface area contributed by atoms with Crippen molar-refractivity contribution in [1.29, 1.82) is 0 Å². The Morgan fingerprint density at radius 1 is 0.760 bits per heavy atom. The Balaban J connectivity index is 1.75. The molecular formula is C18H28O7. The molecule has 2 rings (SSSR count). The first-order chi connectivity index (χ1) is 12.4. The Morgan fingerprint density at radius 2 is 1.28 bits per heavy atom. The summed E-state index contributed by atoms with van der Waals surface area (Å²) >= 11 is 0. The predicted molar refractivity (Wildman–Crippen MR) is 91.5 cm³/mol. The molecule has 0 bridgehead atoms. The highest BCUT2D eigenvalue weighted by Crippen LogP contribution is 2.17. The number of rotatable bonds is 4. The zero-order chi connectivity index (χ0) is 17.6. The Hall–Kier alpha value is -1.38. The first-order valence-corrected chi connectivity index (χ1v) is 8.58. The monoisotopic (exact) mass is 356 g/mol. The van der Waals surface area contributed by atoms with Crippen LogP contribution in [0.5, 0.6) is 11.5 Å². The van der Waals surface area contributed by atoms with Gasteiger partial charge in [0, 0.05) is 0 Å². The molecule has 0 radical (unpaired) electrons. The summed E-state index contributed by atoms with van der Waals surface area (Å²) in [4.78, 5) is 0. The largest absolute Gasteiger partial charge is 0.497 e. The fourth-order valence-electron chi connectivity index (χ4n) is 2.15. The second kappa shape index (κ2) is 12.9. The zero-order valence-electron chi connectivity index (χ0n) is 14.8. The van der Waals surface area contributed by atoms with Gasteiger partial charge in [0.25, 0.3) is 0 Å². The summed E-state index contributed by atoms with van der Waals surface area (Å²) in [5, 5.41) is 0. The fourth-order valence-corrected chi connectivity index (χ4v) is 2.15. The molecule has 0 spiro atoms. The van der Waals surface area contributed by atoms with E-state index < -0.39 is 0 Å². The molecule has 0 aliphatic carbocycles. The van der Waals surface area contributed by atoms with Gasteiger partial charge >= 0.3 is 0 Å². The van der Waals surface area contributed by atoms with Crippen LogP contribution in [0.3, 0.4) is 0 Å². The van der Waals surface area contributed by atoms with Gasteiger partial charge in [-0.05, 0) is 24.3 Å².